The van der Waals surface area contributed by atoms with Gasteiger partial charge in [0.25, 0.3) is 0 Å². The zero-order valence-corrected chi connectivity index (χ0v) is 29.5. The Hall–Kier alpha value is -4.13. The van der Waals surface area contributed by atoms with Crippen LogP contribution in [-0.2, 0) is 36.8 Å². The van der Waals surface area contributed by atoms with Crippen molar-refractivity contribution in [1.29, 1.82) is 0 Å². The average Bonchev–Trinajstić information content (AvgIpc) is 3.07. The van der Waals surface area contributed by atoms with E-state index in [4.69, 9.17) is 17.2 Å². The van der Waals surface area contributed by atoms with Gasteiger partial charge in [-0.2, -0.15) is 0 Å². The van der Waals surface area contributed by atoms with Gasteiger partial charge in [0.2, 0.25) is 23.6 Å². The molecule has 2 aliphatic rings. The molecule has 8 N–H and O–H groups in total. The van der Waals surface area contributed by atoms with E-state index in [9.17, 15) is 24.0 Å². The van der Waals surface area contributed by atoms with Gasteiger partial charge in [-0.05, 0) is 68.5 Å². The predicted molar refractivity (Wildman–Crippen MR) is 192 cm³/mol. The highest BCUT2D eigenvalue weighted by atomic mass is 16.2. The number of likely N-dealkylation sites (tertiary alicyclic amines) is 2. The highest BCUT2D eigenvalue weighted by molar-refractivity contribution is 5.95. The van der Waals surface area contributed by atoms with E-state index in [0.717, 1.165) is 17.5 Å². The molecule has 2 fully saturated rings. The summed E-state index contributed by atoms with van der Waals surface area (Å²) < 4.78 is 0. The molecule has 12 heteroatoms. The Bertz CT molecular complexity index is 1430. The number of amides is 4. The van der Waals surface area contributed by atoms with E-state index in [2.05, 4.69) is 10.6 Å². The molecule has 0 radical (unpaired) electrons. The van der Waals surface area contributed by atoms with Gasteiger partial charge in [-0.1, -0.05) is 74.5 Å². The normalized spacial score (nSPS) is 19.5. The minimum Gasteiger partial charge on any atom is -0.369 e. The van der Waals surface area contributed by atoms with Crippen molar-refractivity contribution < 1.29 is 24.0 Å². The van der Waals surface area contributed by atoms with Crippen molar-refractivity contribution >= 4 is 29.4 Å². The summed E-state index contributed by atoms with van der Waals surface area (Å²) in [5.41, 5.74) is 19.2. The van der Waals surface area contributed by atoms with Crippen molar-refractivity contribution in [3.05, 3.63) is 71.8 Å². The van der Waals surface area contributed by atoms with Gasteiger partial charge >= 0.3 is 0 Å². The van der Waals surface area contributed by atoms with Gasteiger partial charge in [0.05, 0.1) is 18.6 Å². The topological polar surface area (TPSA) is 194 Å². The molecular formula is C38H55N7O5. The van der Waals surface area contributed by atoms with E-state index < -0.39 is 35.9 Å². The fourth-order valence-corrected chi connectivity index (χ4v) is 7.20. The van der Waals surface area contributed by atoms with Crippen LogP contribution in [0.4, 0.5) is 0 Å². The van der Waals surface area contributed by atoms with Crippen LogP contribution in [0.1, 0.15) is 63.5 Å². The number of fused-ring (bicyclic) bond motifs is 2. The largest absolute Gasteiger partial charge is 0.369 e. The molecule has 2 aromatic carbocycles. The minimum absolute atomic E-state index is 0.0434. The van der Waals surface area contributed by atoms with Crippen LogP contribution in [0.15, 0.2) is 60.7 Å². The van der Waals surface area contributed by atoms with Crippen LogP contribution >= 0.6 is 0 Å². The van der Waals surface area contributed by atoms with Gasteiger partial charge in [0.15, 0.2) is 5.78 Å². The molecule has 2 heterocycles. The van der Waals surface area contributed by atoms with Crippen LogP contribution in [-0.4, -0.2) is 95.6 Å². The summed E-state index contributed by atoms with van der Waals surface area (Å²) in [4.78, 5) is 70.6. The number of benzene rings is 2. The zero-order valence-electron chi connectivity index (χ0n) is 29.5. The van der Waals surface area contributed by atoms with Crippen molar-refractivity contribution in [2.45, 2.75) is 95.4 Å². The number of hydrogen-bond acceptors (Lipinski definition) is 8. The molecule has 2 bridgehead atoms. The van der Waals surface area contributed by atoms with Crippen molar-refractivity contribution in [1.82, 2.24) is 20.4 Å². The molecule has 4 rings (SSSR count). The van der Waals surface area contributed by atoms with Crippen LogP contribution in [0.25, 0.3) is 0 Å². The first-order valence-electron chi connectivity index (χ1n) is 17.9. The first-order valence-corrected chi connectivity index (χ1v) is 17.9. The quantitative estimate of drug-likeness (QED) is 0.128. The second-order valence-corrected chi connectivity index (χ2v) is 14.3. The van der Waals surface area contributed by atoms with Gasteiger partial charge < -0.3 is 32.7 Å². The Balaban J connectivity index is 1.47. The molecule has 2 aliphatic heterocycles. The first kappa shape index (κ1) is 38.7. The maximum atomic E-state index is 14.0. The average molecular weight is 690 g/mol. The standard InChI is InChI=1S/C38H55N7O5/c1-25(2)17-28(36(48)42-32(15-9-10-16-39)38(50)45-29-21-30(45)23-44(22-29)24-35(41)47)20-34(46)33(19-27-13-7-4-8-14-27)43-37(49)31(40)18-26-11-5-3-6-12-26/h3-8,11-14,25,28-33H,9-10,15-24,39-40H2,1-2H3,(H2,41,47)(H,42,48)(H,43,49). The maximum absolute atomic E-state index is 14.0. The molecule has 0 aromatic heterocycles. The SMILES string of the molecule is CC(C)CC(CC(=O)C(Cc1ccccc1)NC(=O)C(N)Cc1ccccc1)C(=O)NC(CCCCN)C(=O)N1C2CC1CN(CC(N)=O)C2. The molecule has 0 aliphatic carbocycles. The van der Waals surface area contributed by atoms with E-state index in [1.165, 1.54) is 0 Å². The van der Waals surface area contributed by atoms with Crippen LogP contribution < -0.4 is 27.8 Å². The third-order valence-corrected chi connectivity index (χ3v) is 9.66. The molecule has 0 saturated carbocycles. The molecule has 6 unspecified atom stereocenters. The van der Waals surface area contributed by atoms with Crippen LogP contribution in [0.3, 0.4) is 0 Å². The van der Waals surface area contributed by atoms with Crippen molar-refractivity contribution in [2.24, 2.45) is 29.0 Å². The summed E-state index contributed by atoms with van der Waals surface area (Å²) in [5.74, 6) is -2.22. The molecule has 2 aromatic rings. The Kier molecular flexibility index (Phi) is 14.5. The number of primary amides is 1. The number of hydrogen-bond donors (Lipinski definition) is 5. The Labute approximate surface area is 295 Å². The predicted octanol–water partition coefficient (Wildman–Crippen LogP) is 1.29. The third kappa shape index (κ3) is 11.2. The Morgan fingerprint density at radius 1 is 0.820 bits per heavy atom. The monoisotopic (exact) mass is 689 g/mol. The van der Waals surface area contributed by atoms with Crippen molar-refractivity contribution in [3.8, 4) is 0 Å². The molecule has 2 saturated heterocycles. The summed E-state index contributed by atoms with van der Waals surface area (Å²) in [5, 5.41) is 5.92. The van der Waals surface area contributed by atoms with Crippen LogP contribution in [0, 0.1) is 11.8 Å². The van der Waals surface area contributed by atoms with Gasteiger partial charge in [0.1, 0.15) is 6.04 Å². The molecule has 6 atom stereocenters. The molecule has 0 spiro atoms. The number of unbranched alkanes of at least 4 members (excludes halogenated alkanes) is 1. The lowest BCUT2D eigenvalue weighted by Gasteiger charge is -2.57. The summed E-state index contributed by atoms with van der Waals surface area (Å²) in [6, 6.07) is 16.3. The van der Waals surface area contributed by atoms with E-state index >= 15 is 0 Å². The Morgan fingerprint density at radius 2 is 1.40 bits per heavy atom. The number of nitrogens with two attached hydrogens (primary N) is 3. The van der Waals surface area contributed by atoms with Gasteiger partial charge in [-0.25, -0.2) is 0 Å². The van der Waals surface area contributed by atoms with Crippen LogP contribution in [0.5, 0.6) is 0 Å². The van der Waals surface area contributed by atoms with E-state index in [1.807, 2.05) is 84.3 Å². The number of carbonyl (C=O) groups excluding carboxylic acids is 5. The van der Waals surface area contributed by atoms with Crippen molar-refractivity contribution in [3.63, 3.8) is 0 Å². The third-order valence-electron chi connectivity index (χ3n) is 9.66. The number of rotatable bonds is 20. The lowest BCUT2D eigenvalue weighted by molar-refractivity contribution is -0.158. The minimum atomic E-state index is -0.889. The molecular weight excluding hydrogens is 634 g/mol. The molecule has 272 valence electrons. The summed E-state index contributed by atoms with van der Waals surface area (Å²) >= 11 is 0. The van der Waals surface area contributed by atoms with Gasteiger partial charge in [-0.3, -0.25) is 28.9 Å². The second-order valence-electron chi connectivity index (χ2n) is 14.3. The Morgan fingerprint density at radius 3 is 1.96 bits per heavy atom. The van der Waals surface area contributed by atoms with Gasteiger partial charge in [-0.15, -0.1) is 0 Å². The molecule has 50 heavy (non-hydrogen) atoms. The highest BCUT2D eigenvalue weighted by Crippen LogP contribution is 2.33. The fraction of sp³-hybridized carbons (Fsp3) is 0.553. The van der Waals surface area contributed by atoms with E-state index in [-0.39, 0.29) is 55.0 Å². The number of piperazine rings is 1. The summed E-state index contributed by atoms with van der Waals surface area (Å²) in [7, 11) is 0. The molecule has 4 amide bonds. The number of nitrogens with zero attached hydrogens (tertiary/aromatic N) is 2. The first-order chi connectivity index (χ1) is 23.9. The zero-order chi connectivity index (χ0) is 36.2. The van der Waals surface area contributed by atoms with E-state index in [0.29, 0.717) is 51.7 Å². The smallest absolute Gasteiger partial charge is 0.245 e. The number of ketones is 1. The molecule has 12 nitrogen and oxygen atoms in total. The lowest BCUT2D eigenvalue weighted by Crippen LogP contribution is -2.72. The lowest BCUT2D eigenvalue weighted by atomic mass is 9.85. The number of piperidine rings is 1. The highest BCUT2D eigenvalue weighted by Gasteiger charge is 2.49. The maximum Gasteiger partial charge on any atom is 0.245 e. The van der Waals surface area contributed by atoms with E-state index in [1.54, 1.807) is 0 Å². The number of Topliss-reactive ketones (excluding diaryl/α,β-unsaturated/α-hetero) is 1. The number of nitrogens with one attached hydrogen (secondary N) is 2. The summed E-state index contributed by atoms with van der Waals surface area (Å²) in [6.45, 7) is 5.71. The summed E-state index contributed by atoms with van der Waals surface area (Å²) in [6.07, 6.45) is 3.54. The number of carbonyl (C=O) groups is 5. The van der Waals surface area contributed by atoms with Gasteiger partial charge in [0, 0.05) is 37.5 Å². The fourth-order valence-electron chi connectivity index (χ4n) is 7.20. The van der Waals surface area contributed by atoms with Crippen LogP contribution in [0.2, 0.25) is 0 Å². The second kappa shape index (κ2) is 18.7. The van der Waals surface area contributed by atoms with Crippen molar-refractivity contribution in [2.75, 3.05) is 26.2 Å².